The van der Waals surface area contributed by atoms with E-state index >= 15 is 0 Å². The monoisotopic (exact) mass is 296 g/mol. The molecule has 1 N–H and O–H groups in total. The number of hydrogen-bond acceptors (Lipinski definition) is 2. The lowest BCUT2D eigenvalue weighted by atomic mass is 9.98. The molecule has 0 aromatic heterocycles. The summed E-state index contributed by atoms with van der Waals surface area (Å²) in [6.07, 6.45) is 2.69. The third-order valence-corrected chi connectivity index (χ3v) is 4.34. The van der Waals surface area contributed by atoms with Gasteiger partial charge < -0.3 is 10.2 Å². The molecule has 1 fully saturated rings. The Morgan fingerprint density at radius 1 is 1.47 bits per heavy atom. The molecule has 1 saturated heterocycles. The van der Waals surface area contributed by atoms with Gasteiger partial charge in [-0.15, -0.1) is 0 Å². The highest BCUT2D eigenvalue weighted by Gasteiger charge is 2.16. The van der Waals surface area contributed by atoms with Gasteiger partial charge in [-0.25, -0.2) is 0 Å². The van der Waals surface area contributed by atoms with Crippen LogP contribution >= 0.6 is 15.9 Å². The second-order valence-electron chi connectivity index (χ2n) is 5.12. The molecule has 1 atom stereocenters. The maximum absolute atomic E-state index is 3.57. The van der Waals surface area contributed by atoms with Crippen molar-refractivity contribution in [1.29, 1.82) is 0 Å². The van der Waals surface area contributed by atoms with E-state index in [1.54, 1.807) is 0 Å². The van der Waals surface area contributed by atoms with Crippen LogP contribution in [-0.4, -0.2) is 31.6 Å². The number of likely N-dealkylation sites (tertiary alicyclic amines) is 1. The van der Waals surface area contributed by atoms with Gasteiger partial charge in [-0.1, -0.05) is 22.0 Å². The minimum Gasteiger partial charge on any atom is -0.385 e. The third-order valence-electron chi connectivity index (χ3n) is 3.49. The van der Waals surface area contributed by atoms with E-state index in [-0.39, 0.29) is 0 Å². The lowest BCUT2D eigenvalue weighted by molar-refractivity contribution is 0.217. The summed E-state index contributed by atoms with van der Waals surface area (Å²) in [5.41, 5.74) is 2.50. The van der Waals surface area contributed by atoms with Crippen LogP contribution in [0.25, 0.3) is 0 Å². The molecule has 1 unspecified atom stereocenters. The first-order valence-corrected chi connectivity index (χ1v) is 7.13. The summed E-state index contributed by atoms with van der Waals surface area (Å²) >= 11 is 3.57. The first-order chi connectivity index (χ1) is 8.15. The van der Waals surface area contributed by atoms with Gasteiger partial charge in [0.2, 0.25) is 0 Å². The second-order valence-corrected chi connectivity index (χ2v) is 5.97. The van der Waals surface area contributed by atoms with Crippen molar-refractivity contribution in [2.24, 2.45) is 5.92 Å². The van der Waals surface area contributed by atoms with Gasteiger partial charge in [0.25, 0.3) is 0 Å². The average molecular weight is 297 g/mol. The normalized spacial score (nSPS) is 21.5. The molecule has 3 heteroatoms. The van der Waals surface area contributed by atoms with Crippen molar-refractivity contribution in [1.82, 2.24) is 4.90 Å². The Morgan fingerprint density at radius 2 is 2.29 bits per heavy atom. The zero-order valence-electron chi connectivity index (χ0n) is 10.7. The standard InChI is InChI=1S/C14H21BrN2/c1-11-5-6-13(8-14(11)15)16-9-12-4-3-7-17(2)10-12/h5-6,8,12,16H,3-4,7,9-10H2,1-2H3. The van der Waals surface area contributed by atoms with Gasteiger partial charge >= 0.3 is 0 Å². The maximum Gasteiger partial charge on any atom is 0.0351 e. The van der Waals surface area contributed by atoms with Crippen LogP contribution in [0, 0.1) is 12.8 Å². The van der Waals surface area contributed by atoms with Gasteiger partial charge in [0, 0.05) is 23.2 Å². The van der Waals surface area contributed by atoms with Crippen molar-refractivity contribution in [3.8, 4) is 0 Å². The molecule has 17 heavy (non-hydrogen) atoms. The molecule has 0 spiro atoms. The third kappa shape index (κ3) is 3.71. The van der Waals surface area contributed by atoms with Crippen molar-refractivity contribution in [3.63, 3.8) is 0 Å². The molecular weight excluding hydrogens is 276 g/mol. The maximum atomic E-state index is 3.57. The van der Waals surface area contributed by atoms with Crippen LogP contribution in [0.2, 0.25) is 0 Å². The summed E-state index contributed by atoms with van der Waals surface area (Å²) in [6, 6.07) is 6.48. The van der Waals surface area contributed by atoms with Crippen LogP contribution < -0.4 is 5.32 Å². The van der Waals surface area contributed by atoms with Gasteiger partial charge in [-0.2, -0.15) is 0 Å². The highest BCUT2D eigenvalue weighted by Crippen LogP contribution is 2.22. The van der Waals surface area contributed by atoms with E-state index in [1.165, 1.54) is 41.7 Å². The molecule has 1 heterocycles. The van der Waals surface area contributed by atoms with Gasteiger partial charge in [-0.05, 0) is 57.0 Å². The molecule has 0 saturated carbocycles. The predicted molar refractivity (Wildman–Crippen MR) is 77.6 cm³/mol. The van der Waals surface area contributed by atoms with Crippen molar-refractivity contribution in [2.75, 3.05) is 32.0 Å². The fraction of sp³-hybridized carbons (Fsp3) is 0.571. The summed E-state index contributed by atoms with van der Waals surface area (Å²) in [5.74, 6) is 0.786. The van der Waals surface area contributed by atoms with Crippen LogP contribution in [-0.2, 0) is 0 Å². The van der Waals surface area contributed by atoms with E-state index < -0.39 is 0 Å². The van der Waals surface area contributed by atoms with E-state index in [9.17, 15) is 0 Å². The zero-order chi connectivity index (χ0) is 12.3. The summed E-state index contributed by atoms with van der Waals surface area (Å²) in [4.78, 5) is 2.43. The Hall–Kier alpha value is -0.540. The molecule has 1 aromatic rings. The molecular formula is C14H21BrN2. The van der Waals surface area contributed by atoms with Gasteiger partial charge in [-0.3, -0.25) is 0 Å². The van der Waals surface area contributed by atoms with Crippen LogP contribution in [0.5, 0.6) is 0 Å². The Balaban J connectivity index is 1.86. The van der Waals surface area contributed by atoms with E-state index in [2.05, 4.69) is 58.3 Å². The number of hydrogen-bond donors (Lipinski definition) is 1. The molecule has 0 radical (unpaired) electrons. The minimum atomic E-state index is 0.786. The number of piperidine rings is 1. The zero-order valence-corrected chi connectivity index (χ0v) is 12.3. The molecule has 1 aromatic carbocycles. The number of benzene rings is 1. The van der Waals surface area contributed by atoms with Crippen LogP contribution in [0.3, 0.4) is 0 Å². The van der Waals surface area contributed by atoms with E-state index in [0.717, 1.165) is 12.5 Å². The van der Waals surface area contributed by atoms with Crippen molar-refractivity contribution >= 4 is 21.6 Å². The Bertz CT molecular complexity index is 378. The highest BCUT2D eigenvalue weighted by atomic mass is 79.9. The van der Waals surface area contributed by atoms with Crippen LogP contribution in [0.4, 0.5) is 5.69 Å². The summed E-state index contributed by atoms with van der Waals surface area (Å²) in [5, 5.41) is 3.55. The quantitative estimate of drug-likeness (QED) is 0.918. The molecule has 2 rings (SSSR count). The molecule has 0 amide bonds. The van der Waals surface area contributed by atoms with Crippen molar-refractivity contribution < 1.29 is 0 Å². The Kier molecular flexibility index (Phi) is 4.46. The van der Waals surface area contributed by atoms with Gasteiger partial charge in [0.15, 0.2) is 0 Å². The van der Waals surface area contributed by atoms with Crippen LogP contribution in [0.1, 0.15) is 18.4 Å². The molecule has 1 aliphatic heterocycles. The Labute approximate surface area is 113 Å². The Morgan fingerprint density at radius 3 is 3.00 bits per heavy atom. The van der Waals surface area contributed by atoms with E-state index in [0.29, 0.717) is 0 Å². The number of nitrogens with zero attached hydrogens (tertiary/aromatic N) is 1. The van der Waals surface area contributed by atoms with Crippen molar-refractivity contribution in [3.05, 3.63) is 28.2 Å². The first-order valence-electron chi connectivity index (χ1n) is 6.33. The lowest BCUT2D eigenvalue weighted by Gasteiger charge is -2.30. The van der Waals surface area contributed by atoms with Gasteiger partial charge in [0.1, 0.15) is 0 Å². The van der Waals surface area contributed by atoms with Crippen molar-refractivity contribution in [2.45, 2.75) is 19.8 Å². The van der Waals surface area contributed by atoms with Gasteiger partial charge in [0.05, 0.1) is 0 Å². The molecule has 1 aliphatic rings. The smallest absolute Gasteiger partial charge is 0.0351 e. The number of halogens is 1. The SMILES string of the molecule is Cc1ccc(NCC2CCCN(C)C2)cc1Br. The summed E-state index contributed by atoms with van der Waals surface area (Å²) in [7, 11) is 2.22. The molecule has 0 aliphatic carbocycles. The summed E-state index contributed by atoms with van der Waals surface area (Å²) < 4.78 is 1.18. The van der Waals surface area contributed by atoms with E-state index in [4.69, 9.17) is 0 Å². The fourth-order valence-corrected chi connectivity index (χ4v) is 2.78. The topological polar surface area (TPSA) is 15.3 Å². The number of anilines is 1. The largest absolute Gasteiger partial charge is 0.385 e. The fourth-order valence-electron chi connectivity index (χ4n) is 2.40. The highest BCUT2D eigenvalue weighted by molar-refractivity contribution is 9.10. The van der Waals surface area contributed by atoms with E-state index in [1.807, 2.05) is 0 Å². The molecule has 0 bridgehead atoms. The summed E-state index contributed by atoms with van der Waals surface area (Å²) in [6.45, 7) is 5.68. The average Bonchev–Trinajstić information content (AvgIpc) is 2.31. The minimum absolute atomic E-state index is 0.786. The second kappa shape index (κ2) is 5.87. The molecule has 2 nitrogen and oxygen atoms in total. The predicted octanol–water partition coefficient (Wildman–Crippen LogP) is 3.51. The first kappa shape index (κ1) is 12.9. The number of nitrogens with one attached hydrogen (secondary N) is 1. The number of rotatable bonds is 3. The lowest BCUT2D eigenvalue weighted by Crippen LogP contribution is -2.35. The molecule has 94 valence electrons. The number of aryl methyl sites for hydroxylation is 1. The van der Waals surface area contributed by atoms with Crippen LogP contribution in [0.15, 0.2) is 22.7 Å².